The molecule has 3 aromatic heterocycles. The van der Waals surface area contributed by atoms with Crippen molar-refractivity contribution >= 4 is 33.7 Å². The summed E-state index contributed by atoms with van der Waals surface area (Å²) in [6.45, 7) is 3.76. The van der Waals surface area contributed by atoms with Gasteiger partial charge in [-0.05, 0) is 49.4 Å². The summed E-state index contributed by atoms with van der Waals surface area (Å²) >= 11 is 0. The zero-order chi connectivity index (χ0) is 27.4. The van der Waals surface area contributed by atoms with E-state index in [1.165, 1.54) is 4.90 Å². The number of carbonyl (C=O) groups excluding carboxylic acids is 1. The Kier molecular flexibility index (Phi) is 6.00. The highest BCUT2D eigenvalue weighted by Gasteiger charge is 2.34. The molecule has 5 aromatic rings. The molecule has 0 N–H and O–H groups in total. The lowest BCUT2D eigenvalue weighted by Gasteiger charge is -2.33. The lowest BCUT2D eigenvalue weighted by atomic mass is 9.86. The van der Waals surface area contributed by atoms with Gasteiger partial charge in [0.05, 0.1) is 46.2 Å². The van der Waals surface area contributed by atoms with Gasteiger partial charge in [-0.1, -0.05) is 35.5 Å². The fraction of sp³-hybridized carbons (Fsp3) is 0.333. The molecule has 9 nitrogen and oxygen atoms in total. The van der Waals surface area contributed by atoms with Crippen LogP contribution in [0.5, 0.6) is 0 Å². The number of aryl methyl sites for hydroxylation is 2. The van der Waals surface area contributed by atoms with Gasteiger partial charge < -0.3 is 14.0 Å². The van der Waals surface area contributed by atoms with Crippen molar-refractivity contribution in [3.63, 3.8) is 0 Å². The number of benzene rings is 2. The summed E-state index contributed by atoms with van der Waals surface area (Å²) < 4.78 is 31.5. The number of fused-ring (bicyclic) bond motifs is 3. The molecule has 1 atom stereocenters. The fourth-order valence-electron chi connectivity index (χ4n) is 6.35. The molecule has 2 saturated heterocycles. The smallest absolute Gasteiger partial charge is 0.414 e. The molecule has 204 valence electrons. The van der Waals surface area contributed by atoms with Crippen molar-refractivity contribution in [1.82, 2.24) is 24.5 Å². The highest BCUT2D eigenvalue weighted by molar-refractivity contribution is 6.08. The van der Waals surface area contributed by atoms with Crippen LogP contribution in [0.2, 0.25) is 0 Å². The summed E-state index contributed by atoms with van der Waals surface area (Å²) in [5.74, 6) is -0.249. The molecule has 7 rings (SSSR count). The van der Waals surface area contributed by atoms with Gasteiger partial charge in [-0.25, -0.2) is 13.9 Å². The van der Waals surface area contributed by atoms with Gasteiger partial charge in [-0.2, -0.15) is 0 Å². The molecule has 2 fully saturated rings. The number of hydrogen-bond donors (Lipinski definition) is 0. The van der Waals surface area contributed by atoms with Crippen molar-refractivity contribution in [3.8, 4) is 11.3 Å². The van der Waals surface area contributed by atoms with E-state index >= 15 is 4.39 Å². The van der Waals surface area contributed by atoms with E-state index in [1.54, 1.807) is 16.9 Å². The Hall–Kier alpha value is -4.31. The van der Waals surface area contributed by atoms with Crippen LogP contribution < -0.4 is 4.90 Å². The maximum Gasteiger partial charge on any atom is 0.414 e. The Labute approximate surface area is 230 Å². The number of hydrogen-bond acceptors (Lipinski definition) is 6. The molecule has 0 bridgehead atoms. The Morgan fingerprint density at radius 1 is 1.07 bits per heavy atom. The van der Waals surface area contributed by atoms with E-state index in [-0.39, 0.29) is 24.3 Å². The Bertz CT molecular complexity index is 1720. The summed E-state index contributed by atoms with van der Waals surface area (Å²) in [4.78, 5) is 18.7. The van der Waals surface area contributed by atoms with E-state index in [0.29, 0.717) is 36.2 Å². The first-order valence-corrected chi connectivity index (χ1v) is 13.6. The lowest BCUT2D eigenvalue weighted by Crippen LogP contribution is -2.27. The molecule has 0 unspecified atom stereocenters. The van der Waals surface area contributed by atoms with Gasteiger partial charge in [-0.3, -0.25) is 9.88 Å². The number of halogens is 1. The standard InChI is InChI=1S/C30H29FN6O3/c1-18-27(35(2)34-33-18)21-16-24-26(32-17-21)22-8-9-23(36-12-15-40-30(36)38)25(31)29(22)37(24)28(19-6-4-3-5-7-19)20-10-13-39-14-11-20/h3-9,16-17,20,28H,10-15H2,1-2H3/t28-/m1/s1. The highest BCUT2D eigenvalue weighted by Crippen LogP contribution is 2.43. The molecule has 0 saturated carbocycles. The van der Waals surface area contributed by atoms with Crippen molar-refractivity contribution in [2.75, 3.05) is 31.3 Å². The summed E-state index contributed by atoms with van der Waals surface area (Å²) in [5, 5.41) is 9.10. The maximum atomic E-state index is 16.8. The molecule has 2 aliphatic rings. The minimum absolute atomic E-state index is 0.178. The molecule has 2 aliphatic heterocycles. The van der Waals surface area contributed by atoms with Gasteiger partial charge >= 0.3 is 6.09 Å². The number of ether oxygens (including phenoxy) is 2. The Balaban J connectivity index is 1.56. The molecule has 40 heavy (non-hydrogen) atoms. The Morgan fingerprint density at radius 2 is 1.88 bits per heavy atom. The van der Waals surface area contributed by atoms with Gasteiger partial charge in [0, 0.05) is 37.4 Å². The van der Waals surface area contributed by atoms with Crippen LogP contribution in [0.25, 0.3) is 33.2 Å². The third-order valence-electron chi connectivity index (χ3n) is 8.17. The maximum absolute atomic E-state index is 16.8. The third-order valence-corrected chi connectivity index (χ3v) is 8.17. The van der Waals surface area contributed by atoms with Gasteiger partial charge in [0.15, 0.2) is 5.82 Å². The summed E-state index contributed by atoms with van der Waals surface area (Å²) in [7, 11) is 1.85. The van der Waals surface area contributed by atoms with E-state index in [9.17, 15) is 4.79 Å². The number of amides is 1. The third kappa shape index (κ3) is 3.85. The number of carbonyl (C=O) groups is 1. The van der Waals surface area contributed by atoms with Crippen LogP contribution >= 0.6 is 0 Å². The van der Waals surface area contributed by atoms with Crippen LogP contribution in [-0.4, -0.2) is 57.0 Å². The summed E-state index contributed by atoms with van der Waals surface area (Å²) in [5.41, 5.74) is 5.74. The van der Waals surface area contributed by atoms with Gasteiger partial charge in [0.1, 0.15) is 6.61 Å². The topological polar surface area (TPSA) is 87.3 Å². The monoisotopic (exact) mass is 540 g/mol. The number of cyclic esters (lactones) is 1. The second kappa shape index (κ2) is 9.71. The molecule has 0 radical (unpaired) electrons. The van der Waals surface area contributed by atoms with E-state index in [0.717, 1.165) is 40.9 Å². The molecular weight excluding hydrogens is 511 g/mol. The summed E-state index contributed by atoms with van der Waals surface area (Å²) in [6, 6.07) is 15.6. The average Bonchev–Trinajstić information content (AvgIpc) is 3.65. The van der Waals surface area contributed by atoms with Crippen molar-refractivity contribution in [2.24, 2.45) is 13.0 Å². The zero-order valence-electron chi connectivity index (χ0n) is 22.4. The molecule has 10 heteroatoms. The number of nitrogens with zero attached hydrogens (tertiary/aromatic N) is 6. The largest absolute Gasteiger partial charge is 0.447 e. The quantitative estimate of drug-likeness (QED) is 0.297. The van der Waals surface area contributed by atoms with Crippen molar-refractivity contribution in [1.29, 1.82) is 0 Å². The van der Waals surface area contributed by atoms with Gasteiger partial charge in [0.2, 0.25) is 0 Å². The second-order valence-electron chi connectivity index (χ2n) is 10.5. The van der Waals surface area contributed by atoms with Crippen molar-refractivity contribution in [2.45, 2.75) is 25.8 Å². The molecule has 0 spiro atoms. The van der Waals surface area contributed by atoms with Crippen LogP contribution in [0.15, 0.2) is 54.7 Å². The SMILES string of the molecule is Cc1nnn(C)c1-c1cnc2c3ccc(N4CCOC4=O)c(F)c3n([C@H](c3ccccc3)C3CCOCC3)c2c1. The first-order valence-electron chi connectivity index (χ1n) is 13.6. The van der Waals surface area contributed by atoms with Crippen LogP contribution in [-0.2, 0) is 16.5 Å². The highest BCUT2D eigenvalue weighted by atomic mass is 19.1. The molecular formula is C30H29FN6O3. The lowest BCUT2D eigenvalue weighted by molar-refractivity contribution is 0.0552. The number of anilines is 1. The fourth-order valence-corrected chi connectivity index (χ4v) is 6.35. The van der Waals surface area contributed by atoms with E-state index < -0.39 is 11.9 Å². The second-order valence-corrected chi connectivity index (χ2v) is 10.5. The average molecular weight is 541 g/mol. The summed E-state index contributed by atoms with van der Waals surface area (Å²) in [6.07, 6.45) is 2.95. The number of rotatable bonds is 5. The van der Waals surface area contributed by atoms with Crippen LogP contribution in [0.1, 0.15) is 30.1 Å². The van der Waals surface area contributed by atoms with E-state index in [2.05, 4.69) is 33.1 Å². The predicted molar refractivity (Wildman–Crippen MR) is 149 cm³/mol. The van der Waals surface area contributed by atoms with Crippen LogP contribution in [0.4, 0.5) is 14.9 Å². The zero-order valence-corrected chi connectivity index (χ0v) is 22.4. The Morgan fingerprint density at radius 3 is 2.58 bits per heavy atom. The first kappa shape index (κ1) is 24.7. The first-order chi connectivity index (χ1) is 19.5. The molecule has 2 aromatic carbocycles. The van der Waals surface area contributed by atoms with Crippen molar-refractivity contribution in [3.05, 3.63) is 71.8 Å². The molecule has 0 aliphatic carbocycles. The normalized spacial score (nSPS) is 17.2. The van der Waals surface area contributed by atoms with Crippen molar-refractivity contribution < 1.29 is 18.7 Å². The number of pyridine rings is 1. The number of aromatic nitrogens is 5. The minimum Gasteiger partial charge on any atom is -0.447 e. The van der Waals surface area contributed by atoms with Crippen LogP contribution in [0.3, 0.4) is 0 Å². The van der Waals surface area contributed by atoms with E-state index in [1.807, 2.05) is 38.2 Å². The van der Waals surface area contributed by atoms with E-state index in [4.69, 9.17) is 14.5 Å². The van der Waals surface area contributed by atoms with Gasteiger partial charge in [-0.15, -0.1) is 5.10 Å². The van der Waals surface area contributed by atoms with Gasteiger partial charge in [0.25, 0.3) is 0 Å². The molecule has 5 heterocycles. The minimum atomic E-state index is -0.537. The molecule has 1 amide bonds. The predicted octanol–water partition coefficient (Wildman–Crippen LogP) is 5.41. The van der Waals surface area contributed by atoms with Crippen LogP contribution in [0, 0.1) is 18.7 Å².